The first-order chi connectivity index (χ1) is 7.11. The van der Waals surface area contributed by atoms with E-state index in [1.165, 1.54) is 0 Å². The van der Waals surface area contributed by atoms with E-state index in [1.54, 1.807) is 12.1 Å². The fraction of sp³-hybridized carbons (Fsp3) is 0.417. The van der Waals surface area contributed by atoms with Gasteiger partial charge in [-0.3, -0.25) is 4.79 Å². The number of ether oxygens (including phenoxy) is 1. The molecular weight excluding hydrogens is 212 g/mol. The van der Waals surface area contributed by atoms with Gasteiger partial charge in [-0.2, -0.15) is 0 Å². The van der Waals surface area contributed by atoms with Crippen molar-refractivity contribution in [2.45, 2.75) is 32.8 Å². The standard InChI is InChI=1S/C12H15ClO2/c1-3-9(2)15-12(14)8-10-4-6-11(13)7-5-10/h4-7,9H,3,8H2,1-2H3. The number of carbonyl (C=O) groups excluding carboxylic acids is 1. The summed E-state index contributed by atoms with van der Waals surface area (Å²) in [5.74, 6) is -0.188. The summed E-state index contributed by atoms with van der Waals surface area (Å²) < 4.78 is 5.16. The number of hydrogen-bond acceptors (Lipinski definition) is 2. The van der Waals surface area contributed by atoms with Crippen LogP contribution in [0.3, 0.4) is 0 Å². The molecule has 0 bridgehead atoms. The van der Waals surface area contributed by atoms with E-state index in [1.807, 2.05) is 26.0 Å². The Morgan fingerprint density at radius 1 is 1.40 bits per heavy atom. The smallest absolute Gasteiger partial charge is 0.310 e. The minimum absolute atomic E-state index is 0.00944. The van der Waals surface area contributed by atoms with Gasteiger partial charge in [0.05, 0.1) is 12.5 Å². The second kappa shape index (κ2) is 5.76. The van der Waals surface area contributed by atoms with Gasteiger partial charge in [0.15, 0.2) is 0 Å². The van der Waals surface area contributed by atoms with E-state index in [9.17, 15) is 4.79 Å². The van der Waals surface area contributed by atoms with Gasteiger partial charge in [-0.1, -0.05) is 30.7 Å². The Bertz CT molecular complexity index is 319. The molecule has 1 atom stereocenters. The molecule has 1 unspecified atom stereocenters. The van der Waals surface area contributed by atoms with Crippen LogP contribution >= 0.6 is 11.6 Å². The Morgan fingerprint density at radius 2 is 2.00 bits per heavy atom. The number of rotatable bonds is 4. The van der Waals surface area contributed by atoms with Crippen molar-refractivity contribution in [1.82, 2.24) is 0 Å². The quantitative estimate of drug-likeness (QED) is 0.737. The highest BCUT2D eigenvalue weighted by molar-refractivity contribution is 6.30. The lowest BCUT2D eigenvalue weighted by Crippen LogP contribution is -2.15. The van der Waals surface area contributed by atoms with Gasteiger partial charge >= 0.3 is 5.97 Å². The summed E-state index contributed by atoms with van der Waals surface area (Å²) in [6, 6.07) is 7.21. The Morgan fingerprint density at radius 3 is 2.53 bits per heavy atom. The van der Waals surface area contributed by atoms with Crippen LogP contribution in [0.5, 0.6) is 0 Å². The molecule has 15 heavy (non-hydrogen) atoms. The molecule has 0 heterocycles. The van der Waals surface area contributed by atoms with Gasteiger partial charge < -0.3 is 4.74 Å². The van der Waals surface area contributed by atoms with E-state index in [4.69, 9.17) is 16.3 Å². The van der Waals surface area contributed by atoms with Crippen LogP contribution in [0.2, 0.25) is 5.02 Å². The minimum Gasteiger partial charge on any atom is -0.462 e. The normalized spacial score (nSPS) is 12.2. The van der Waals surface area contributed by atoms with Crippen molar-refractivity contribution in [2.24, 2.45) is 0 Å². The minimum atomic E-state index is -0.188. The molecule has 1 rings (SSSR count). The molecule has 0 aliphatic heterocycles. The molecule has 0 aromatic heterocycles. The summed E-state index contributed by atoms with van der Waals surface area (Å²) in [7, 11) is 0. The zero-order valence-electron chi connectivity index (χ0n) is 9.00. The topological polar surface area (TPSA) is 26.3 Å². The molecule has 0 saturated heterocycles. The third-order valence-corrected chi connectivity index (χ3v) is 2.42. The van der Waals surface area contributed by atoms with E-state index in [0.29, 0.717) is 11.4 Å². The fourth-order valence-corrected chi connectivity index (χ4v) is 1.24. The molecule has 1 aromatic rings. The summed E-state index contributed by atoms with van der Waals surface area (Å²) >= 11 is 5.74. The van der Waals surface area contributed by atoms with Crippen molar-refractivity contribution in [1.29, 1.82) is 0 Å². The van der Waals surface area contributed by atoms with Crippen LogP contribution in [-0.2, 0) is 16.0 Å². The molecule has 0 aliphatic carbocycles. The maximum atomic E-state index is 11.4. The summed E-state index contributed by atoms with van der Waals surface area (Å²) in [6.45, 7) is 3.87. The zero-order valence-corrected chi connectivity index (χ0v) is 9.75. The van der Waals surface area contributed by atoms with Crippen LogP contribution in [0.4, 0.5) is 0 Å². The molecule has 0 spiro atoms. The van der Waals surface area contributed by atoms with Crippen molar-refractivity contribution in [3.63, 3.8) is 0 Å². The molecule has 0 saturated carbocycles. The van der Waals surface area contributed by atoms with Gasteiger partial charge in [-0.15, -0.1) is 0 Å². The summed E-state index contributed by atoms with van der Waals surface area (Å²) in [5, 5.41) is 0.675. The molecule has 1 aromatic carbocycles. The first-order valence-electron chi connectivity index (χ1n) is 5.05. The Kier molecular flexibility index (Phi) is 4.63. The first kappa shape index (κ1) is 12.1. The highest BCUT2D eigenvalue weighted by atomic mass is 35.5. The van der Waals surface area contributed by atoms with Crippen molar-refractivity contribution in [2.75, 3.05) is 0 Å². The Balaban J connectivity index is 2.48. The molecule has 0 aliphatic rings. The number of halogens is 1. The number of benzene rings is 1. The van der Waals surface area contributed by atoms with Crippen molar-refractivity contribution in [3.8, 4) is 0 Å². The highest BCUT2D eigenvalue weighted by Gasteiger charge is 2.08. The predicted octanol–water partition coefficient (Wildman–Crippen LogP) is 3.22. The van der Waals surface area contributed by atoms with Crippen LogP contribution in [0, 0.1) is 0 Å². The molecule has 3 heteroatoms. The highest BCUT2D eigenvalue weighted by Crippen LogP contribution is 2.10. The SMILES string of the molecule is CCC(C)OC(=O)Cc1ccc(Cl)cc1. The van der Waals surface area contributed by atoms with E-state index >= 15 is 0 Å². The molecular formula is C12H15ClO2. The van der Waals surface area contributed by atoms with E-state index in [0.717, 1.165) is 12.0 Å². The molecule has 82 valence electrons. The average molecular weight is 227 g/mol. The maximum Gasteiger partial charge on any atom is 0.310 e. The summed E-state index contributed by atoms with van der Waals surface area (Å²) in [4.78, 5) is 11.4. The van der Waals surface area contributed by atoms with Gasteiger partial charge in [-0.25, -0.2) is 0 Å². The number of hydrogen-bond donors (Lipinski definition) is 0. The number of esters is 1. The molecule has 2 nitrogen and oxygen atoms in total. The lowest BCUT2D eigenvalue weighted by Gasteiger charge is -2.10. The van der Waals surface area contributed by atoms with Crippen molar-refractivity contribution in [3.05, 3.63) is 34.9 Å². The van der Waals surface area contributed by atoms with E-state index in [-0.39, 0.29) is 12.1 Å². The fourth-order valence-electron chi connectivity index (χ4n) is 1.12. The second-order valence-corrected chi connectivity index (χ2v) is 3.95. The van der Waals surface area contributed by atoms with Crippen LogP contribution in [0.1, 0.15) is 25.8 Å². The second-order valence-electron chi connectivity index (χ2n) is 3.51. The van der Waals surface area contributed by atoms with Crippen LogP contribution in [0.15, 0.2) is 24.3 Å². The van der Waals surface area contributed by atoms with E-state index in [2.05, 4.69) is 0 Å². The van der Waals surface area contributed by atoms with Crippen LogP contribution in [0.25, 0.3) is 0 Å². The third kappa shape index (κ3) is 4.34. The van der Waals surface area contributed by atoms with Crippen molar-refractivity contribution >= 4 is 17.6 Å². The molecule has 0 amide bonds. The summed E-state index contributed by atoms with van der Waals surface area (Å²) in [6.07, 6.45) is 1.14. The van der Waals surface area contributed by atoms with E-state index < -0.39 is 0 Å². The first-order valence-corrected chi connectivity index (χ1v) is 5.43. The van der Waals surface area contributed by atoms with Crippen LogP contribution < -0.4 is 0 Å². The summed E-state index contributed by atoms with van der Waals surface area (Å²) in [5.41, 5.74) is 0.924. The number of carbonyl (C=O) groups is 1. The average Bonchev–Trinajstić information content (AvgIpc) is 2.21. The Hall–Kier alpha value is -1.02. The van der Waals surface area contributed by atoms with Gasteiger partial charge in [0.2, 0.25) is 0 Å². The Labute approximate surface area is 95.2 Å². The maximum absolute atomic E-state index is 11.4. The van der Waals surface area contributed by atoms with Gasteiger partial charge in [0, 0.05) is 5.02 Å². The molecule has 0 radical (unpaired) electrons. The lowest BCUT2D eigenvalue weighted by molar-refractivity contribution is -0.147. The van der Waals surface area contributed by atoms with Gasteiger partial charge in [-0.05, 0) is 31.0 Å². The molecule has 0 N–H and O–H groups in total. The van der Waals surface area contributed by atoms with Gasteiger partial charge in [0.25, 0.3) is 0 Å². The largest absolute Gasteiger partial charge is 0.462 e. The van der Waals surface area contributed by atoms with Crippen molar-refractivity contribution < 1.29 is 9.53 Å². The molecule has 0 fully saturated rings. The predicted molar refractivity (Wildman–Crippen MR) is 61.0 cm³/mol. The third-order valence-electron chi connectivity index (χ3n) is 2.17. The van der Waals surface area contributed by atoms with Gasteiger partial charge in [0.1, 0.15) is 0 Å². The lowest BCUT2D eigenvalue weighted by atomic mass is 10.1. The van der Waals surface area contributed by atoms with Crippen LogP contribution in [-0.4, -0.2) is 12.1 Å². The monoisotopic (exact) mass is 226 g/mol. The zero-order chi connectivity index (χ0) is 11.3.